The summed E-state index contributed by atoms with van der Waals surface area (Å²) in [5.41, 5.74) is 1.21. The molecule has 2 bridgehead atoms. The maximum absolute atomic E-state index is 13.7. The lowest BCUT2D eigenvalue weighted by Gasteiger charge is -2.31. The molecule has 0 aliphatic heterocycles. The Bertz CT molecular complexity index is 625. The Hall–Kier alpha value is -1.20. The van der Waals surface area contributed by atoms with E-state index in [4.69, 9.17) is 0 Å². The molecule has 3 nitrogen and oxygen atoms in total. The molecule has 2 aliphatic rings. The van der Waals surface area contributed by atoms with Crippen LogP contribution in [0.3, 0.4) is 0 Å². The van der Waals surface area contributed by atoms with Gasteiger partial charge in [-0.25, -0.2) is 17.5 Å². The molecule has 0 amide bonds. The van der Waals surface area contributed by atoms with E-state index in [1.807, 2.05) is 0 Å². The molecule has 1 aromatic rings. The van der Waals surface area contributed by atoms with Gasteiger partial charge in [0.2, 0.25) is 10.0 Å². The van der Waals surface area contributed by atoms with Crippen LogP contribution in [0.5, 0.6) is 0 Å². The van der Waals surface area contributed by atoms with Gasteiger partial charge in [0.15, 0.2) is 0 Å². The minimum absolute atomic E-state index is 0.0786. The van der Waals surface area contributed by atoms with Crippen LogP contribution in [0.25, 0.3) is 0 Å². The van der Waals surface area contributed by atoms with Gasteiger partial charge in [-0.2, -0.15) is 0 Å². The van der Waals surface area contributed by atoms with Crippen LogP contribution in [-0.2, 0) is 10.0 Å². The molecule has 108 valence electrons. The predicted molar refractivity (Wildman–Crippen MR) is 75.1 cm³/mol. The summed E-state index contributed by atoms with van der Waals surface area (Å²) >= 11 is 0. The summed E-state index contributed by atoms with van der Waals surface area (Å²) in [4.78, 5) is -0.260. The van der Waals surface area contributed by atoms with Crippen molar-refractivity contribution >= 4 is 10.0 Å². The molecule has 0 radical (unpaired) electrons. The number of rotatable bonds is 3. The van der Waals surface area contributed by atoms with Crippen LogP contribution in [-0.4, -0.2) is 14.5 Å². The summed E-state index contributed by atoms with van der Waals surface area (Å²) in [6.07, 6.45) is 3.80. The topological polar surface area (TPSA) is 46.2 Å². The number of sulfonamides is 1. The number of hydrogen-bond acceptors (Lipinski definition) is 2. The van der Waals surface area contributed by atoms with E-state index < -0.39 is 15.8 Å². The second-order valence-corrected chi connectivity index (χ2v) is 7.52. The van der Waals surface area contributed by atoms with Gasteiger partial charge in [-0.1, -0.05) is 24.3 Å². The summed E-state index contributed by atoms with van der Waals surface area (Å²) in [5.74, 6) is -0.0850. The maximum Gasteiger partial charge on any atom is 0.243 e. The van der Waals surface area contributed by atoms with Crippen molar-refractivity contribution in [2.45, 2.75) is 36.6 Å². The zero-order valence-electron chi connectivity index (χ0n) is 11.2. The molecule has 0 saturated heterocycles. The first-order valence-corrected chi connectivity index (χ1v) is 8.39. The van der Waals surface area contributed by atoms with E-state index in [9.17, 15) is 12.8 Å². The van der Waals surface area contributed by atoms with Gasteiger partial charge in [0.25, 0.3) is 0 Å². The number of allylic oxidation sites excluding steroid dienone is 1. The van der Waals surface area contributed by atoms with Gasteiger partial charge in [0.1, 0.15) is 10.7 Å². The van der Waals surface area contributed by atoms with Gasteiger partial charge < -0.3 is 0 Å². The van der Waals surface area contributed by atoms with Crippen LogP contribution in [0.4, 0.5) is 4.39 Å². The molecule has 2 fully saturated rings. The second-order valence-electron chi connectivity index (χ2n) is 5.83. The zero-order valence-corrected chi connectivity index (χ0v) is 12.0. The Balaban J connectivity index is 1.85. The molecule has 2 aliphatic carbocycles. The van der Waals surface area contributed by atoms with Gasteiger partial charge in [0.05, 0.1) is 0 Å². The van der Waals surface area contributed by atoms with Crippen molar-refractivity contribution in [2.24, 2.45) is 11.8 Å². The average Bonchev–Trinajstić information content (AvgIpc) is 2.61. The van der Waals surface area contributed by atoms with Gasteiger partial charge in [-0.05, 0) is 49.7 Å². The smallest absolute Gasteiger partial charge is 0.207 e. The van der Waals surface area contributed by atoms with E-state index >= 15 is 0 Å². The van der Waals surface area contributed by atoms with Crippen LogP contribution >= 0.6 is 0 Å². The molecule has 1 aromatic carbocycles. The van der Waals surface area contributed by atoms with E-state index in [-0.39, 0.29) is 10.9 Å². The van der Waals surface area contributed by atoms with Crippen molar-refractivity contribution in [1.82, 2.24) is 4.72 Å². The summed E-state index contributed by atoms with van der Waals surface area (Å²) in [7, 11) is -3.79. The highest BCUT2D eigenvalue weighted by Gasteiger charge is 2.42. The zero-order chi connectivity index (χ0) is 14.3. The molecule has 20 heavy (non-hydrogen) atoms. The summed E-state index contributed by atoms with van der Waals surface area (Å²) in [5, 5.41) is 0. The number of fused-ring (bicyclic) bond motifs is 2. The average molecular weight is 295 g/mol. The van der Waals surface area contributed by atoms with E-state index in [0.29, 0.717) is 11.8 Å². The Labute approximate surface area is 118 Å². The van der Waals surface area contributed by atoms with Crippen LogP contribution < -0.4 is 4.72 Å². The van der Waals surface area contributed by atoms with Crippen LogP contribution in [0, 0.1) is 17.7 Å². The van der Waals surface area contributed by atoms with E-state index in [1.54, 1.807) is 0 Å². The number of halogens is 1. The second kappa shape index (κ2) is 4.97. The first-order valence-electron chi connectivity index (χ1n) is 6.91. The maximum atomic E-state index is 13.7. The molecular formula is C15H18FNO2S. The molecule has 2 saturated carbocycles. The fraction of sp³-hybridized carbons (Fsp3) is 0.467. The van der Waals surface area contributed by atoms with Gasteiger partial charge in [-0.15, -0.1) is 0 Å². The van der Waals surface area contributed by atoms with E-state index in [0.717, 1.165) is 25.7 Å². The summed E-state index contributed by atoms with van der Waals surface area (Å²) < 4.78 is 41.1. The molecule has 2 atom stereocenters. The monoisotopic (exact) mass is 295 g/mol. The molecular weight excluding hydrogens is 277 g/mol. The fourth-order valence-electron chi connectivity index (χ4n) is 3.55. The Morgan fingerprint density at radius 1 is 1.15 bits per heavy atom. The standard InChI is InChI=1S/C15H18FNO2S/c1-10-8-11-6-7-12(9-10)15(11)17-20(18,19)14-5-3-2-4-13(14)16/h2-5,11-12,15,17H,1,6-9H2. The van der Waals surface area contributed by atoms with Crippen molar-refractivity contribution in [3.05, 3.63) is 42.2 Å². The van der Waals surface area contributed by atoms with Crippen LogP contribution in [0.2, 0.25) is 0 Å². The Morgan fingerprint density at radius 2 is 1.75 bits per heavy atom. The third-order valence-electron chi connectivity index (χ3n) is 4.44. The first-order chi connectivity index (χ1) is 9.47. The minimum atomic E-state index is -3.79. The van der Waals surface area contributed by atoms with Crippen molar-refractivity contribution < 1.29 is 12.8 Å². The third-order valence-corrected chi connectivity index (χ3v) is 5.94. The SMILES string of the molecule is C=C1CC2CCC(C1)C2NS(=O)(=O)c1ccccc1F. The van der Waals surface area contributed by atoms with Crippen molar-refractivity contribution in [2.75, 3.05) is 0 Å². The molecule has 2 unspecified atom stereocenters. The van der Waals surface area contributed by atoms with Crippen molar-refractivity contribution in [3.63, 3.8) is 0 Å². The summed E-state index contributed by atoms with van der Waals surface area (Å²) in [6, 6.07) is 5.43. The van der Waals surface area contributed by atoms with Gasteiger partial charge in [0, 0.05) is 6.04 Å². The molecule has 0 heterocycles. The third kappa shape index (κ3) is 2.40. The predicted octanol–water partition coefficient (Wildman–Crippen LogP) is 2.85. The molecule has 1 N–H and O–H groups in total. The Morgan fingerprint density at radius 3 is 2.35 bits per heavy atom. The Kier molecular flexibility index (Phi) is 3.42. The highest BCUT2D eigenvalue weighted by Crippen LogP contribution is 2.44. The quantitative estimate of drug-likeness (QED) is 0.872. The molecule has 5 heteroatoms. The van der Waals surface area contributed by atoms with Crippen molar-refractivity contribution in [3.8, 4) is 0 Å². The van der Waals surface area contributed by atoms with Crippen LogP contribution in [0.15, 0.2) is 41.3 Å². The normalized spacial score (nSPS) is 29.6. The molecule has 0 aromatic heterocycles. The lowest BCUT2D eigenvalue weighted by molar-refractivity contribution is 0.332. The summed E-state index contributed by atoms with van der Waals surface area (Å²) in [6.45, 7) is 4.02. The largest absolute Gasteiger partial charge is 0.243 e. The van der Waals surface area contributed by atoms with Gasteiger partial charge in [-0.3, -0.25) is 0 Å². The lowest BCUT2D eigenvalue weighted by atomic mass is 9.82. The number of benzene rings is 1. The highest BCUT2D eigenvalue weighted by molar-refractivity contribution is 7.89. The van der Waals surface area contributed by atoms with Gasteiger partial charge >= 0.3 is 0 Å². The minimum Gasteiger partial charge on any atom is -0.207 e. The van der Waals surface area contributed by atoms with Crippen molar-refractivity contribution in [1.29, 1.82) is 0 Å². The van der Waals surface area contributed by atoms with Crippen LogP contribution in [0.1, 0.15) is 25.7 Å². The highest BCUT2D eigenvalue weighted by atomic mass is 32.2. The van der Waals surface area contributed by atoms with E-state index in [2.05, 4.69) is 11.3 Å². The van der Waals surface area contributed by atoms with E-state index in [1.165, 1.54) is 29.8 Å². The number of nitrogens with one attached hydrogen (secondary N) is 1. The molecule has 0 spiro atoms. The molecule has 3 rings (SSSR count). The number of hydrogen-bond donors (Lipinski definition) is 1. The first kappa shape index (κ1) is 13.8. The lowest BCUT2D eigenvalue weighted by Crippen LogP contribution is -2.43. The fourth-order valence-corrected chi connectivity index (χ4v) is 5.01.